The summed E-state index contributed by atoms with van der Waals surface area (Å²) in [6.07, 6.45) is -0.153. The summed E-state index contributed by atoms with van der Waals surface area (Å²) < 4.78 is 5.65. The van der Waals surface area contributed by atoms with Crippen LogP contribution in [0.2, 0.25) is 0 Å². The Hall–Kier alpha value is -2.41. The van der Waals surface area contributed by atoms with Crippen molar-refractivity contribution < 1.29 is 4.74 Å². The van der Waals surface area contributed by atoms with Crippen LogP contribution in [0.25, 0.3) is 0 Å². The van der Waals surface area contributed by atoms with Crippen LogP contribution in [0.3, 0.4) is 0 Å². The fourth-order valence-electron chi connectivity index (χ4n) is 1.60. The Kier molecular flexibility index (Phi) is 3.54. The van der Waals surface area contributed by atoms with E-state index in [2.05, 4.69) is 9.97 Å². The first-order chi connectivity index (χ1) is 8.69. The summed E-state index contributed by atoms with van der Waals surface area (Å²) in [5.74, 6) is 0. The van der Waals surface area contributed by atoms with Crippen LogP contribution in [-0.4, -0.2) is 9.97 Å². The third-order valence-electron chi connectivity index (χ3n) is 2.50. The van der Waals surface area contributed by atoms with E-state index in [4.69, 9.17) is 10.00 Å². The molecule has 0 aliphatic heterocycles. The lowest BCUT2D eigenvalue weighted by atomic mass is 10.1. The molecule has 0 bridgehead atoms. The zero-order valence-electron chi connectivity index (χ0n) is 10.3. The van der Waals surface area contributed by atoms with Gasteiger partial charge in [0, 0.05) is 5.69 Å². The molecule has 0 amide bonds. The topological polar surface area (TPSA) is 58.8 Å². The highest BCUT2D eigenvalue weighted by molar-refractivity contribution is 5.24. The Balaban J connectivity index is 2.20. The molecule has 4 nitrogen and oxygen atoms in total. The molecule has 1 heterocycles. The molecule has 0 N–H and O–H groups in total. The molecule has 1 unspecified atom stereocenters. The van der Waals surface area contributed by atoms with E-state index in [1.807, 2.05) is 50.2 Å². The van der Waals surface area contributed by atoms with Gasteiger partial charge in [-0.1, -0.05) is 30.3 Å². The number of nitrogens with zero attached hydrogens (tertiary/aromatic N) is 3. The Morgan fingerprint density at radius 1 is 1.22 bits per heavy atom. The van der Waals surface area contributed by atoms with Crippen molar-refractivity contribution in [2.75, 3.05) is 0 Å². The largest absolute Gasteiger partial charge is 0.456 e. The first-order valence-corrected chi connectivity index (χ1v) is 5.66. The van der Waals surface area contributed by atoms with Gasteiger partial charge in [-0.05, 0) is 25.5 Å². The molecular weight excluding hydrogens is 226 g/mol. The summed E-state index contributed by atoms with van der Waals surface area (Å²) in [6.45, 7) is 3.73. The van der Waals surface area contributed by atoms with Gasteiger partial charge >= 0.3 is 6.01 Å². The van der Waals surface area contributed by atoms with Crippen LogP contribution < -0.4 is 4.74 Å². The molecule has 18 heavy (non-hydrogen) atoms. The van der Waals surface area contributed by atoms with Crippen LogP contribution in [0.5, 0.6) is 6.01 Å². The second-order valence-corrected chi connectivity index (χ2v) is 3.96. The first kappa shape index (κ1) is 12.1. The Bertz CT molecular complexity index is 575. The first-order valence-electron chi connectivity index (χ1n) is 5.66. The van der Waals surface area contributed by atoms with Crippen molar-refractivity contribution in [1.82, 2.24) is 9.97 Å². The Morgan fingerprint density at radius 3 is 2.61 bits per heavy atom. The molecule has 90 valence electrons. The predicted octanol–water partition coefficient (Wildman–Crippen LogP) is 2.80. The molecule has 0 radical (unpaired) electrons. The van der Waals surface area contributed by atoms with Crippen molar-refractivity contribution in [3.05, 3.63) is 53.3 Å². The third-order valence-corrected chi connectivity index (χ3v) is 2.50. The van der Waals surface area contributed by atoms with Crippen LogP contribution in [0, 0.1) is 18.3 Å². The van der Waals surface area contributed by atoms with E-state index in [1.165, 1.54) is 0 Å². The smallest absolute Gasteiger partial charge is 0.318 e. The van der Waals surface area contributed by atoms with Crippen LogP contribution in [0.1, 0.15) is 30.0 Å². The lowest BCUT2D eigenvalue weighted by Gasteiger charge is -2.13. The number of benzene rings is 1. The van der Waals surface area contributed by atoms with E-state index >= 15 is 0 Å². The van der Waals surface area contributed by atoms with Gasteiger partial charge in [-0.25, -0.2) is 4.98 Å². The maximum absolute atomic E-state index is 8.84. The van der Waals surface area contributed by atoms with Crippen LogP contribution in [0.4, 0.5) is 0 Å². The predicted molar refractivity (Wildman–Crippen MR) is 67.0 cm³/mol. The lowest BCUT2D eigenvalue weighted by Crippen LogP contribution is -2.06. The number of hydrogen-bond acceptors (Lipinski definition) is 4. The maximum Gasteiger partial charge on any atom is 0.318 e. The van der Waals surface area contributed by atoms with Crippen LogP contribution in [0.15, 0.2) is 36.4 Å². The number of hydrogen-bond donors (Lipinski definition) is 0. The molecule has 0 fully saturated rings. The zero-order chi connectivity index (χ0) is 13.0. The van der Waals surface area contributed by atoms with E-state index in [0.29, 0.717) is 5.69 Å². The summed E-state index contributed by atoms with van der Waals surface area (Å²) in [6, 6.07) is 13.7. The van der Waals surface area contributed by atoms with Crippen LogP contribution >= 0.6 is 0 Å². The highest BCUT2D eigenvalue weighted by atomic mass is 16.5. The molecule has 0 spiro atoms. The summed E-state index contributed by atoms with van der Waals surface area (Å²) in [5, 5.41) is 8.84. The second-order valence-electron chi connectivity index (χ2n) is 3.96. The quantitative estimate of drug-likeness (QED) is 0.826. The number of rotatable bonds is 3. The minimum Gasteiger partial charge on any atom is -0.456 e. The number of aromatic nitrogens is 2. The lowest BCUT2D eigenvalue weighted by molar-refractivity contribution is 0.206. The monoisotopic (exact) mass is 239 g/mol. The molecular formula is C14H13N3O. The summed E-state index contributed by atoms with van der Waals surface area (Å²) >= 11 is 0. The van der Waals surface area contributed by atoms with Crippen molar-refractivity contribution in [2.45, 2.75) is 20.0 Å². The molecule has 1 atom stereocenters. The molecule has 1 aromatic heterocycles. The Labute approximate surface area is 106 Å². The van der Waals surface area contributed by atoms with Gasteiger partial charge in [0.2, 0.25) is 0 Å². The van der Waals surface area contributed by atoms with Crippen molar-refractivity contribution in [3.63, 3.8) is 0 Å². The van der Waals surface area contributed by atoms with E-state index in [9.17, 15) is 0 Å². The molecule has 0 saturated carbocycles. The van der Waals surface area contributed by atoms with E-state index in [1.54, 1.807) is 6.07 Å². The van der Waals surface area contributed by atoms with E-state index in [0.717, 1.165) is 11.3 Å². The van der Waals surface area contributed by atoms with Gasteiger partial charge in [0.1, 0.15) is 17.9 Å². The summed E-state index contributed by atoms with van der Waals surface area (Å²) in [5.41, 5.74) is 2.08. The van der Waals surface area contributed by atoms with Crippen molar-refractivity contribution in [2.24, 2.45) is 0 Å². The minimum absolute atomic E-state index is 0.153. The van der Waals surface area contributed by atoms with Crippen molar-refractivity contribution in [1.29, 1.82) is 5.26 Å². The molecule has 2 aromatic rings. The summed E-state index contributed by atoms with van der Waals surface area (Å²) in [7, 11) is 0. The highest BCUT2D eigenvalue weighted by Gasteiger charge is 2.10. The molecule has 0 aliphatic rings. The fraction of sp³-hybridized carbons (Fsp3) is 0.214. The Morgan fingerprint density at radius 2 is 1.94 bits per heavy atom. The number of ether oxygens (including phenoxy) is 1. The normalized spacial score (nSPS) is 11.6. The van der Waals surface area contributed by atoms with Gasteiger partial charge in [0.25, 0.3) is 0 Å². The second kappa shape index (κ2) is 5.28. The molecule has 1 aromatic carbocycles. The zero-order valence-corrected chi connectivity index (χ0v) is 10.3. The van der Waals surface area contributed by atoms with Gasteiger partial charge in [-0.2, -0.15) is 10.2 Å². The van der Waals surface area contributed by atoms with Gasteiger partial charge in [0.15, 0.2) is 0 Å². The average Bonchev–Trinajstić information content (AvgIpc) is 2.39. The number of aryl methyl sites for hydroxylation is 1. The van der Waals surface area contributed by atoms with Crippen LogP contribution in [-0.2, 0) is 0 Å². The van der Waals surface area contributed by atoms with E-state index in [-0.39, 0.29) is 12.1 Å². The molecule has 4 heteroatoms. The summed E-state index contributed by atoms with van der Waals surface area (Å²) in [4.78, 5) is 8.19. The minimum atomic E-state index is -0.153. The maximum atomic E-state index is 8.84. The fourth-order valence-corrected chi connectivity index (χ4v) is 1.60. The number of nitriles is 1. The van der Waals surface area contributed by atoms with Crippen molar-refractivity contribution in [3.8, 4) is 12.1 Å². The van der Waals surface area contributed by atoms with Gasteiger partial charge < -0.3 is 4.74 Å². The van der Waals surface area contributed by atoms with Crippen molar-refractivity contribution >= 4 is 0 Å². The van der Waals surface area contributed by atoms with E-state index < -0.39 is 0 Å². The molecule has 0 aliphatic carbocycles. The average molecular weight is 239 g/mol. The standard InChI is InChI=1S/C14H13N3O/c1-10-8-13(9-15)17-14(16-10)18-11(2)12-6-4-3-5-7-12/h3-8,11H,1-2H3. The molecule has 2 rings (SSSR count). The van der Waals surface area contributed by atoms with Gasteiger partial charge in [-0.15, -0.1) is 0 Å². The van der Waals surface area contributed by atoms with Gasteiger partial charge in [-0.3, -0.25) is 0 Å². The SMILES string of the molecule is Cc1cc(C#N)nc(OC(C)c2ccccc2)n1. The highest BCUT2D eigenvalue weighted by Crippen LogP contribution is 2.18. The van der Waals surface area contributed by atoms with Gasteiger partial charge in [0.05, 0.1) is 0 Å². The third kappa shape index (κ3) is 2.83. The molecule has 0 saturated heterocycles.